The molecule has 0 radical (unpaired) electrons. The van der Waals surface area contributed by atoms with Crippen molar-refractivity contribution in [2.45, 2.75) is 141 Å². The molecule has 0 amide bonds. The number of alkyl halides is 2. The van der Waals surface area contributed by atoms with E-state index in [2.05, 4.69) is 0 Å². The molecule has 0 bridgehead atoms. The SMILES string of the molecule is FCCCCCCC1CCC(C2CCC(C3CCC(CCCCCCF)CC3)CC2)CC1. The fraction of sp³-hybridized carbons (Fsp3) is 1.00. The number of hydrogen-bond donors (Lipinski definition) is 0. The average Bonchev–Trinajstić information content (AvgIpc) is 2.85. The largest absolute Gasteiger partial charge is 0.251 e. The van der Waals surface area contributed by atoms with E-state index in [0.717, 1.165) is 61.2 Å². The van der Waals surface area contributed by atoms with E-state index in [1.807, 2.05) is 0 Å². The lowest BCUT2D eigenvalue weighted by atomic mass is 9.64. The van der Waals surface area contributed by atoms with Crippen molar-refractivity contribution in [1.29, 1.82) is 0 Å². The molecule has 0 unspecified atom stereocenters. The Morgan fingerprint density at radius 3 is 0.938 bits per heavy atom. The van der Waals surface area contributed by atoms with Gasteiger partial charge in [-0.25, -0.2) is 0 Å². The maximum atomic E-state index is 12.2. The van der Waals surface area contributed by atoms with Crippen LogP contribution in [0.3, 0.4) is 0 Å². The van der Waals surface area contributed by atoms with Gasteiger partial charge in [0.15, 0.2) is 0 Å². The predicted octanol–water partition coefficient (Wildman–Crippen LogP) is 10.2. The van der Waals surface area contributed by atoms with E-state index in [1.165, 1.54) is 116 Å². The molecule has 0 aromatic rings. The van der Waals surface area contributed by atoms with Crippen molar-refractivity contribution in [2.24, 2.45) is 35.5 Å². The van der Waals surface area contributed by atoms with E-state index in [1.54, 1.807) is 0 Å². The van der Waals surface area contributed by atoms with Gasteiger partial charge in [0, 0.05) is 0 Å². The molecule has 3 saturated carbocycles. The molecule has 2 heteroatoms. The van der Waals surface area contributed by atoms with Gasteiger partial charge in [0.2, 0.25) is 0 Å². The quantitative estimate of drug-likeness (QED) is 0.230. The summed E-state index contributed by atoms with van der Waals surface area (Å²) in [6.07, 6.45) is 29.7. The number of unbranched alkanes of at least 4 members (excludes halogenated alkanes) is 6. The summed E-state index contributed by atoms with van der Waals surface area (Å²) in [4.78, 5) is 0. The van der Waals surface area contributed by atoms with E-state index in [9.17, 15) is 8.78 Å². The van der Waals surface area contributed by atoms with Crippen molar-refractivity contribution in [2.75, 3.05) is 13.3 Å². The van der Waals surface area contributed by atoms with Crippen molar-refractivity contribution in [3.05, 3.63) is 0 Å². The third-order valence-electron chi connectivity index (χ3n) is 9.92. The van der Waals surface area contributed by atoms with Crippen molar-refractivity contribution < 1.29 is 8.78 Å². The topological polar surface area (TPSA) is 0 Å². The Hall–Kier alpha value is -0.140. The van der Waals surface area contributed by atoms with Gasteiger partial charge in [0.05, 0.1) is 13.3 Å². The highest BCUT2D eigenvalue weighted by molar-refractivity contribution is 4.86. The highest BCUT2D eigenvalue weighted by Crippen LogP contribution is 2.46. The number of halogens is 2. The first kappa shape index (κ1) is 26.5. The van der Waals surface area contributed by atoms with Crippen LogP contribution >= 0.6 is 0 Å². The summed E-state index contributed by atoms with van der Waals surface area (Å²) < 4.78 is 24.4. The molecule has 3 aliphatic rings. The van der Waals surface area contributed by atoms with Gasteiger partial charge < -0.3 is 0 Å². The van der Waals surface area contributed by atoms with E-state index >= 15 is 0 Å². The van der Waals surface area contributed by atoms with Crippen molar-refractivity contribution >= 4 is 0 Å². The Morgan fingerprint density at radius 1 is 0.344 bits per heavy atom. The molecule has 0 nitrogen and oxygen atoms in total. The average molecular weight is 453 g/mol. The molecule has 0 aromatic heterocycles. The van der Waals surface area contributed by atoms with E-state index in [4.69, 9.17) is 0 Å². The van der Waals surface area contributed by atoms with Crippen LogP contribution in [-0.4, -0.2) is 13.3 Å². The second-order valence-electron chi connectivity index (χ2n) is 12.0. The molecule has 188 valence electrons. The lowest BCUT2D eigenvalue weighted by Crippen LogP contribution is -2.29. The van der Waals surface area contributed by atoms with Gasteiger partial charge in [-0.3, -0.25) is 8.78 Å². The van der Waals surface area contributed by atoms with Gasteiger partial charge >= 0.3 is 0 Å². The standard InChI is InChI=1S/C30H54F2/c31-23-7-3-1-5-9-25-11-15-27(16-12-25)29-19-21-30(22-20-29)28-17-13-26(14-18-28)10-6-2-4-8-24-32/h25-30H,1-24H2. The molecule has 0 atom stereocenters. The highest BCUT2D eigenvalue weighted by atomic mass is 19.1. The zero-order chi connectivity index (χ0) is 22.4. The van der Waals surface area contributed by atoms with Crippen LogP contribution in [-0.2, 0) is 0 Å². The minimum atomic E-state index is -0.127. The van der Waals surface area contributed by atoms with E-state index in [0.29, 0.717) is 0 Å². The van der Waals surface area contributed by atoms with Gasteiger partial charge in [-0.05, 0) is 99.7 Å². The van der Waals surface area contributed by atoms with Crippen LogP contribution < -0.4 is 0 Å². The van der Waals surface area contributed by atoms with E-state index in [-0.39, 0.29) is 13.3 Å². The summed E-state index contributed by atoms with van der Waals surface area (Å²) in [6.45, 7) is -0.254. The summed E-state index contributed by atoms with van der Waals surface area (Å²) in [7, 11) is 0. The maximum Gasteiger partial charge on any atom is 0.0894 e. The third kappa shape index (κ3) is 9.25. The molecule has 0 N–H and O–H groups in total. The van der Waals surface area contributed by atoms with Crippen LogP contribution in [0.5, 0.6) is 0 Å². The Bertz CT molecular complexity index is 398. The predicted molar refractivity (Wildman–Crippen MR) is 134 cm³/mol. The van der Waals surface area contributed by atoms with Crippen LogP contribution in [0.1, 0.15) is 141 Å². The van der Waals surface area contributed by atoms with Gasteiger partial charge in [-0.2, -0.15) is 0 Å². The summed E-state index contributed by atoms with van der Waals surface area (Å²) in [5, 5.41) is 0. The minimum Gasteiger partial charge on any atom is -0.251 e. The fourth-order valence-corrected chi connectivity index (χ4v) is 7.75. The molecule has 0 saturated heterocycles. The first-order chi connectivity index (χ1) is 15.8. The number of hydrogen-bond acceptors (Lipinski definition) is 0. The van der Waals surface area contributed by atoms with Crippen molar-refractivity contribution in [3.8, 4) is 0 Å². The van der Waals surface area contributed by atoms with Gasteiger partial charge in [-0.15, -0.1) is 0 Å². The Balaban J connectivity index is 1.23. The summed E-state index contributed by atoms with van der Waals surface area (Å²) >= 11 is 0. The molecule has 0 aliphatic heterocycles. The summed E-state index contributed by atoms with van der Waals surface area (Å²) in [6, 6.07) is 0. The van der Waals surface area contributed by atoms with Crippen LogP contribution in [0.2, 0.25) is 0 Å². The second kappa shape index (κ2) is 15.7. The fourth-order valence-electron chi connectivity index (χ4n) is 7.75. The molecular formula is C30H54F2. The first-order valence-electron chi connectivity index (χ1n) is 14.9. The minimum absolute atomic E-state index is 0.127. The molecule has 32 heavy (non-hydrogen) atoms. The summed E-state index contributed by atoms with van der Waals surface area (Å²) in [5.41, 5.74) is 0. The molecule has 3 rings (SSSR count). The van der Waals surface area contributed by atoms with Gasteiger partial charge in [0.1, 0.15) is 0 Å². The number of rotatable bonds is 14. The lowest BCUT2D eigenvalue weighted by molar-refractivity contribution is 0.102. The van der Waals surface area contributed by atoms with Crippen LogP contribution in [0, 0.1) is 35.5 Å². The van der Waals surface area contributed by atoms with Crippen molar-refractivity contribution in [1.82, 2.24) is 0 Å². The molecule has 0 spiro atoms. The zero-order valence-corrected chi connectivity index (χ0v) is 21.2. The molecular weight excluding hydrogens is 398 g/mol. The molecule has 3 aliphatic carbocycles. The summed E-state index contributed by atoms with van der Waals surface area (Å²) in [5.74, 6) is 6.10. The maximum absolute atomic E-state index is 12.2. The van der Waals surface area contributed by atoms with Crippen LogP contribution in [0.25, 0.3) is 0 Å². The van der Waals surface area contributed by atoms with E-state index < -0.39 is 0 Å². The van der Waals surface area contributed by atoms with Gasteiger partial charge in [0.25, 0.3) is 0 Å². The first-order valence-corrected chi connectivity index (χ1v) is 14.9. The van der Waals surface area contributed by atoms with Gasteiger partial charge in [-0.1, -0.05) is 77.0 Å². The Kier molecular flexibility index (Phi) is 13.0. The normalized spacial score (nSPS) is 33.9. The Labute approximate surface area is 199 Å². The monoisotopic (exact) mass is 452 g/mol. The van der Waals surface area contributed by atoms with Crippen LogP contribution in [0.15, 0.2) is 0 Å². The zero-order valence-electron chi connectivity index (χ0n) is 21.2. The highest BCUT2D eigenvalue weighted by Gasteiger charge is 2.34. The third-order valence-corrected chi connectivity index (χ3v) is 9.92. The molecule has 3 fully saturated rings. The second-order valence-corrected chi connectivity index (χ2v) is 12.0. The smallest absolute Gasteiger partial charge is 0.0894 e. The van der Waals surface area contributed by atoms with Crippen molar-refractivity contribution in [3.63, 3.8) is 0 Å². The Morgan fingerprint density at radius 2 is 0.625 bits per heavy atom. The molecule has 0 heterocycles. The van der Waals surface area contributed by atoms with Crippen LogP contribution in [0.4, 0.5) is 8.78 Å². The molecule has 0 aromatic carbocycles. The lowest BCUT2D eigenvalue weighted by Gasteiger charge is -2.41.